The predicted molar refractivity (Wildman–Crippen MR) is 89.6 cm³/mol. The van der Waals surface area contributed by atoms with Gasteiger partial charge in [-0.1, -0.05) is 41.4 Å². The number of hydrogen-bond acceptors (Lipinski definition) is 2. The Labute approximate surface area is 135 Å². The van der Waals surface area contributed by atoms with E-state index in [4.69, 9.17) is 11.6 Å². The Balaban J connectivity index is 1.92. The normalized spacial score (nSPS) is 10.3. The van der Waals surface area contributed by atoms with Crippen molar-refractivity contribution in [2.75, 3.05) is 5.32 Å². The van der Waals surface area contributed by atoms with Crippen molar-refractivity contribution in [3.05, 3.63) is 64.2 Å². The number of ketones is 1. The number of anilines is 1. The van der Waals surface area contributed by atoms with Gasteiger partial charge in [-0.3, -0.25) is 9.59 Å². The number of halogens is 1. The summed E-state index contributed by atoms with van der Waals surface area (Å²) in [6.07, 6.45) is 0.342. The van der Waals surface area contributed by atoms with Gasteiger partial charge in [0.25, 0.3) is 0 Å². The van der Waals surface area contributed by atoms with Crippen LogP contribution in [0.15, 0.2) is 42.5 Å². The fraction of sp³-hybridized carbons (Fsp3) is 0.222. The van der Waals surface area contributed by atoms with Gasteiger partial charge in [-0.05, 0) is 37.6 Å². The van der Waals surface area contributed by atoms with Crippen molar-refractivity contribution in [3.8, 4) is 0 Å². The van der Waals surface area contributed by atoms with Gasteiger partial charge in [-0.25, -0.2) is 0 Å². The van der Waals surface area contributed by atoms with Crippen LogP contribution in [-0.2, 0) is 4.79 Å². The van der Waals surface area contributed by atoms with Crippen LogP contribution in [0.25, 0.3) is 0 Å². The summed E-state index contributed by atoms with van der Waals surface area (Å²) in [4.78, 5) is 24.1. The van der Waals surface area contributed by atoms with Crippen molar-refractivity contribution >= 4 is 29.0 Å². The molecule has 0 aliphatic rings. The molecule has 0 radical (unpaired) electrons. The number of carbonyl (C=O) groups excluding carboxylic acids is 2. The maximum Gasteiger partial charge on any atom is 0.224 e. The summed E-state index contributed by atoms with van der Waals surface area (Å²) in [6, 6.07) is 12.6. The van der Waals surface area contributed by atoms with E-state index < -0.39 is 0 Å². The van der Waals surface area contributed by atoms with E-state index in [0.717, 1.165) is 11.1 Å². The minimum Gasteiger partial charge on any atom is -0.326 e. The molecule has 0 aliphatic heterocycles. The van der Waals surface area contributed by atoms with E-state index in [1.165, 1.54) is 0 Å². The third-order valence-electron chi connectivity index (χ3n) is 3.37. The Morgan fingerprint density at radius 1 is 1.05 bits per heavy atom. The summed E-state index contributed by atoms with van der Waals surface area (Å²) in [5.41, 5.74) is 3.38. The first-order chi connectivity index (χ1) is 10.5. The molecule has 0 saturated heterocycles. The molecule has 114 valence electrons. The van der Waals surface area contributed by atoms with Crippen LogP contribution >= 0.6 is 11.6 Å². The van der Waals surface area contributed by atoms with E-state index in [1.54, 1.807) is 24.3 Å². The van der Waals surface area contributed by atoms with Crippen LogP contribution < -0.4 is 5.32 Å². The largest absolute Gasteiger partial charge is 0.326 e. The number of rotatable bonds is 5. The lowest BCUT2D eigenvalue weighted by Crippen LogP contribution is -2.13. The third-order valence-corrected chi connectivity index (χ3v) is 3.60. The lowest BCUT2D eigenvalue weighted by Gasteiger charge is -2.07. The Morgan fingerprint density at radius 2 is 1.82 bits per heavy atom. The van der Waals surface area contributed by atoms with Gasteiger partial charge in [0.05, 0.1) is 0 Å². The SMILES string of the molecule is Cc1ccc(C(=O)CCC(=O)Nc2cccc(Cl)c2)c(C)c1. The highest BCUT2D eigenvalue weighted by atomic mass is 35.5. The van der Waals surface area contributed by atoms with Gasteiger partial charge in [0, 0.05) is 29.1 Å². The molecule has 0 aliphatic carbocycles. The summed E-state index contributed by atoms with van der Waals surface area (Å²) in [5.74, 6) is -0.209. The molecule has 0 unspecified atom stereocenters. The average Bonchev–Trinajstić information content (AvgIpc) is 2.45. The highest BCUT2D eigenvalue weighted by Crippen LogP contribution is 2.16. The topological polar surface area (TPSA) is 46.2 Å². The van der Waals surface area contributed by atoms with E-state index in [0.29, 0.717) is 16.3 Å². The Kier molecular flexibility index (Phi) is 5.34. The van der Waals surface area contributed by atoms with E-state index in [-0.39, 0.29) is 24.5 Å². The van der Waals surface area contributed by atoms with Crippen molar-refractivity contribution in [3.63, 3.8) is 0 Å². The number of hydrogen-bond donors (Lipinski definition) is 1. The third kappa shape index (κ3) is 4.43. The molecule has 1 N–H and O–H groups in total. The van der Waals surface area contributed by atoms with Gasteiger partial charge in [0.1, 0.15) is 0 Å². The molecule has 2 aromatic carbocycles. The van der Waals surface area contributed by atoms with Crippen LogP contribution in [0.4, 0.5) is 5.69 Å². The monoisotopic (exact) mass is 315 g/mol. The van der Waals surface area contributed by atoms with Crippen molar-refractivity contribution in [2.24, 2.45) is 0 Å². The summed E-state index contributed by atoms with van der Waals surface area (Å²) < 4.78 is 0. The fourth-order valence-corrected chi connectivity index (χ4v) is 2.47. The molecule has 2 aromatic rings. The summed E-state index contributed by atoms with van der Waals surface area (Å²) in [7, 11) is 0. The molecule has 0 spiro atoms. The van der Waals surface area contributed by atoms with Gasteiger partial charge < -0.3 is 5.32 Å². The Hall–Kier alpha value is -2.13. The number of benzene rings is 2. The van der Waals surface area contributed by atoms with Gasteiger partial charge in [0.15, 0.2) is 5.78 Å². The average molecular weight is 316 g/mol. The first kappa shape index (κ1) is 16.2. The van der Waals surface area contributed by atoms with Crippen molar-refractivity contribution in [1.82, 2.24) is 0 Å². The van der Waals surface area contributed by atoms with Gasteiger partial charge in [0.2, 0.25) is 5.91 Å². The summed E-state index contributed by atoms with van der Waals surface area (Å²) in [6.45, 7) is 3.89. The lowest BCUT2D eigenvalue weighted by molar-refractivity contribution is -0.116. The number of amides is 1. The Morgan fingerprint density at radius 3 is 2.50 bits per heavy atom. The lowest BCUT2D eigenvalue weighted by atomic mass is 9.99. The molecule has 0 fully saturated rings. The number of Topliss-reactive ketones (excluding diaryl/α,β-unsaturated/α-hetero) is 1. The molecule has 4 heteroatoms. The van der Waals surface area contributed by atoms with Crippen molar-refractivity contribution < 1.29 is 9.59 Å². The predicted octanol–water partition coefficient (Wildman–Crippen LogP) is 4.56. The molecule has 1 amide bonds. The molecule has 0 heterocycles. The minimum atomic E-state index is -0.194. The van der Waals surface area contributed by atoms with E-state index >= 15 is 0 Å². The number of nitrogens with one attached hydrogen (secondary N) is 1. The fourth-order valence-electron chi connectivity index (χ4n) is 2.28. The number of carbonyl (C=O) groups is 2. The summed E-state index contributed by atoms with van der Waals surface area (Å²) >= 11 is 5.86. The standard InChI is InChI=1S/C18H18ClNO2/c1-12-6-7-16(13(2)10-12)17(21)8-9-18(22)20-15-5-3-4-14(19)11-15/h3-7,10-11H,8-9H2,1-2H3,(H,20,22). The van der Waals surface area contributed by atoms with Crippen molar-refractivity contribution in [1.29, 1.82) is 0 Å². The highest BCUT2D eigenvalue weighted by Gasteiger charge is 2.12. The van der Waals surface area contributed by atoms with Crippen molar-refractivity contribution in [2.45, 2.75) is 26.7 Å². The molecule has 3 nitrogen and oxygen atoms in total. The second kappa shape index (κ2) is 7.23. The summed E-state index contributed by atoms with van der Waals surface area (Å²) in [5, 5.41) is 3.30. The van der Waals surface area contributed by atoms with Crippen LogP contribution in [0.2, 0.25) is 5.02 Å². The maximum atomic E-state index is 12.2. The van der Waals surface area contributed by atoms with Crippen LogP contribution in [0.3, 0.4) is 0 Å². The van der Waals surface area contributed by atoms with Gasteiger partial charge >= 0.3 is 0 Å². The molecule has 22 heavy (non-hydrogen) atoms. The van der Waals surface area contributed by atoms with Gasteiger partial charge in [-0.2, -0.15) is 0 Å². The second-order valence-electron chi connectivity index (χ2n) is 5.30. The zero-order valence-electron chi connectivity index (χ0n) is 12.7. The molecule has 0 bridgehead atoms. The van der Waals surface area contributed by atoms with E-state index in [9.17, 15) is 9.59 Å². The van der Waals surface area contributed by atoms with Crippen LogP contribution in [0, 0.1) is 13.8 Å². The van der Waals surface area contributed by atoms with Gasteiger partial charge in [-0.15, -0.1) is 0 Å². The highest BCUT2D eigenvalue weighted by molar-refractivity contribution is 6.30. The smallest absolute Gasteiger partial charge is 0.224 e. The molecular weight excluding hydrogens is 298 g/mol. The Bertz CT molecular complexity index is 710. The number of aryl methyl sites for hydroxylation is 2. The van der Waals surface area contributed by atoms with Crippen LogP contribution in [-0.4, -0.2) is 11.7 Å². The minimum absolute atomic E-state index is 0.0151. The quantitative estimate of drug-likeness (QED) is 0.822. The molecular formula is C18H18ClNO2. The first-order valence-electron chi connectivity index (χ1n) is 7.11. The molecule has 2 rings (SSSR count). The van der Waals surface area contributed by atoms with Crippen LogP contribution in [0.1, 0.15) is 34.3 Å². The zero-order chi connectivity index (χ0) is 16.1. The molecule has 0 saturated carbocycles. The zero-order valence-corrected chi connectivity index (χ0v) is 13.4. The van der Waals surface area contributed by atoms with E-state index in [2.05, 4.69) is 5.32 Å². The second-order valence-corrected chi connectivity index (χ2v) is 5.74. The van der Waals surface area contributed by atoms with Crippen LogP contribution in [0.5, 0.6) is 0 Å². The maximum absolute atomic E-state index is 12.2. The molecule has 0 aromatic heterocycles. The first-order valence-corrected chi connectivity index (χ1v) is 7.49. The van der Waals surface area contributed by atoms with E-state index in [1.807, 2.05) is 32.0 Å². The molecule has 0 atom stereocenters.